The predicted octanol–water partition coefficient (Wildman–Crippen LogP) is 1.13. The van der Waals surface area contributed by atoms with Crippen molar-refractivity contribution in [3.05, 3.63) is 18.2 Å². The van der Waals surface area contributed by atoms with Gasteiger partial charge in [-0.1, -0.05) is 0 Å². The van der Waals surface area contributed by atoms with Gasteiger partial charge in [0.25, 0.3) is 0 Å². The number of ether oxygens (including phenoxy) is 2. The maximum absolute atomic E-state index is 12.3. The fraction of sp³-hybridized carbons (Fsp3) is 0.467. The van der Waals surface area contributed by atoms with Gasteiger partial charge in [0.2, 0.25) is 11.8 Å². The first-order chi connectivity index (χ1) is 10.5. The van der Waals surface area contributed by atoms with Gasteiger partial charge < -0.3 is 25.4 Å². The summed E-state index contributed by atoms with van der Waals surface area (Å²) in [6, 6.07) is 5.04. The standard InChI is InChI=1S/C15H21N3O4.ClH/c1-21-6-5-18-9-10(7-14(18)19)15(20)17-11-3-4-13(22-2)12(16)8-11;/h3-4,8,10H,5-7,9,16H2,1-2H3,(H,17,20);1H. The first kappa shape index (κ1) is 19.1. The lowest BCUT2D eigenvalue weighted by molar-refractivity contribution is -0.128. The van der Waals surface area contributed by atoms with Crippen molar-refractivity contribution in [2.24, 2.45) is 5.92 Å². The van der Waals surface area contributed by atoms with Crippen LogP contribution in [0.2, 0.25) is 0 Å². The van der Waals surface area contributed by atoms with Crippen molar-refractivity contribution in [3.8, 4) is 5.75 Å². The second-order valence-electron chi connectivity index (χ2n) is 5.18. The maximum atomic E-state index is 12.3. The average Bonchev–Trinajstić information content (AvgIpc) is 2.86. The number of carbonyl (C=O) groups excluding carboxylic acids is 2. The Morgan fingerprint density at radius 1 is 1.43 bits per heavy atom. The van der Waals surface area contributed by atoms with Crippen LogP contribution in [-0.4, -0.2) is 50.6 Å². The van der Waals surface area contributed by atoms with Crippen LogP contribution in [0.5, 0.6) is 5.75 Å². The summed E-state index contributed by atoms with van der Waals surface area (Å²) in [4.78, 5) is 25.7. The number of amides is 2. The number of nitrogens with two attached hydrogens (primary N) is 1. The lowest BCUT2D eigenvalue weighted by Crippen LogP contribution is -2.30. The van der Waals surface area contributed by atoms with E-state index in [0.717, 1.165) is 0 Å². The van der Waals surface area contributed by atoms with E-state index in [2.05, 4.69) is 5.32 Å². The highest BCUT2D eigenvalue weighted by Crippen LogP contribution is 2.26. The number of anilines is 2. The molecule has 0 radical (unpaired) electrons. The molecule has 1 aliphatic heterocycles. The third-order valence-corrected chi connectivity index (χ3v) is 3.65. The molecule has 0 aromatic heterocycles. The first-order valence-electron chi connectivity index (χ1n) is 7.06. The van der Waals surface area contributed by atoms with Gasteiger partial charge in [0, 0.05) is 32.3 Å². The number of benzene rings is 1. The second-order valence-corrected chi connectivity index (χ2v) is 5.18. The van der Waals surface area contributed by atoms with Crippen LogP contribution in [0.1, 0.15) is 6.42 Å². The highest BCUT2D eigenvalue weighted by atomic mass is 35.5. The van der Waals surface area contributed by atoms with E-state index >= 15 is 0 Å². The molecule has 3 N–H and O–H groups in total. The van der Waals surface area contributed by atoms with Crippen molar-refractivity contribution in [1.29, 1.82) is 0 Å². The van der Waals surface area contributed by atoms with Gasteiger partial charge >= 0.3 is 0 Å². The molecule has 0 bridgehead atoms. The summed E-state index contributed by atoms with van der Waals surface area (Å²) in [5.74, 6) is -0.00301. The molecule has 1 heterocycles. The van der Waals surface area contributed by atoms with Gasteiger partial charge in [-0.25, -0.2) is 0 Å². The number of carbonyl (C=O) groups is 2. The van der Waals surface area contributed by atoms with E-state index in [0.29, 0.717) is 36.8 Å². The molecule has 2 rings (SSSR count). The van der Waals surface area contributed by atoms with E-state index in [1.54, 1.807) is 30.2 Å². The van der Waals surface area contributed by atoms with Crippen LogP contribution in [0.3, 0.4) is 0 Å². The van der Waals surface area contributed by atoms with Gasteiger partial charge in [-0.05, 0) is 18.2 Å². The summed E-state index contributed by atoms with van der Waals surface area (Å²) in [5.41, 5.74) is 6.85. The number of hydrogen-bond acceptors (Lipinski definition) is 5. The zero-order valence-corrected chi connectivity index (χ0v) is 14.0. The highest BCUT2D eigenvalue weighted by molar-refractivity contribution is 5.97. The third-order valence-electron chi connectivity index (χ3n) is 3.65. The minimum atomic E-state index is -0.354. The molecule has 1 saturated heterocycles. The average molecular weight is 344 g/mol. The van der Waals surface area contributed by atoms with Gasteiger partial charge in [0.05, 0.1) is 25.3 Å². The molecule has 8 heteroatoms. The fourth-order valence-corrected chi connectivity index (χ4v) is 2.42. The molecule has 1 atom stereocenters. The molecule has 2 amide bonds. The number of nitrogens with zero attached hydrogens (tertiary/aromatic N) is 1. The quantitative estimate of drug-likeness (QED) is 0.755. The molecular weight excluding hydrogens is 322 g/mol. The normalized spacial score (nSPS) is 16.9. The van der Waals surface area contributed by atoms with Gasteiger partial charge in [0.1, 0.15) is 5.75 Å². The van der Waals surface area contributed by atoms with Crippen molar-refractivity contribution in [2.45, 2.75) is 6.42 Å². The maximum Gasteiger partial charge on any atom is 0.229 e. The van der Waals surface area contributed by atoms with E-state index in [4.69, 9.17) is 15.2 Å². The molecule has 128 valence electrons. The zero-order chi connectivity index (χ0) is 16.1. The highest BCUT2D eigenvalue weighted by Gasteiger charge is 2.34. The molecule has 23 heavy (non-hydrogen) atoms. The van der Waals surface area contributed by atoms with Crippen molar-refractivity contribution >= 4 is 35.6 Å². The van der Waals surface area contributed by atoms with Crippen molar-refractivity contribution in [1.82, 2.24) is 4.90 Å². The minimum Gasteiger partial charge on any atom is -0.495 e. The number of hydrogen-bond donors (Lipinski definition) is 2. The van der Waals surface area contributed by atoms with Gasteiger partial charge in [-0.3, -0.25) is 9.59 Å². The van der Waals surface area contributed by atoms with Crippen LogP contribution in [0.25, 0.3) is 0 Å². The van der Waals surface area contributed by atoms with Crippen molar-refractivity contribution in [2.75, 3.05) is 45.0 Å². The topological polar surface area (TPSA) is 93.9 Å². The Morgan fingerprint density at radius 3 is 2.78 bits per heavy atom. The molecule has 1 fully saturated rings. The Morgan fingerprint density at radius 2 is 2.17 bits per heavy atom. The van der Waals surface area contributed by atoms with Crippen LogP contribution in [0.4, 0.5) is 11.4 Å². The Hall–Kier alpha value is -1.99. The summed E-state index contributed by atoms with van der Waals surface area (Å²) in [5, 5.41) is 2.79. The largest absolute Gasteiger partial charge is 0.495 e. The van der Waals surface area contributed by atoms with E-state index < -0.39 is 0 Å². The Kier molecular flexibility index (Phi) is 7.12. The molecule has 0 aliphatic carbocycles. The monoisotopic (exact) mass is 343 g/mol. The first-order valence-corrected chi connectivity index (χ1v) is 7.06. The molecule has 0 saturated carbocycles. The Balaban J connectivity index is 0.00000264. The van der Waals surface area contributed by atoms with Crippen LogP contribution in [0.15, 0.2) is 18.2 Å². The molecule has 1 aliphatic rings. The SMILES string of the molecule is COCCN1CC(C(=O)Nc2ccc(OC)c(N)c2)CC1=O.Cl. The van der Waals surface area contributed by atoms with E-state index in [1.165, 1.54) is 7.11 Å². The lowest BCUT2D eigenvalue weighted by Gasteiger charge is -2.16. The van der Waals surface area contributed by atoms with E-state index in [9.17, 15) is 9.59 Å². The predicted molar refractivity (Wildman–Crippen MR) is 89.8 cm³/mol. The van der Waals surface area contributed by atoms with Crippen LogP contribution in [0, 0.1) is 5.92 Å². The molecule has 1 unspecified atom stereocenters. The molecule has 1 aromatic carbocycles. The molecule has 1 aromatic rings. The van der Waals surface area contributed by atoms with E-state index in [-0.39, 0.29) is 36.6 Å². The minimum absolute atomic E-state index is 0. The van der Waals surface area contributed by atoms with Gasteiger partial charge in [0.15, 0.2) is 0 Å². The summed E-state index contributed by atoms with van der Waals surface area (Å²) < 4.78 is 10.0. The number of halogens is 1. The Labute approximate surface area is 141 Å². The number of nitrogens with one attached hydrogen (secondary N) is 1. The summed E-state index contributed by atoms with van der Waals surface area (Å²) in [6.07, 6.45) is 0.223. The van der Waals surface area contributed by atoms with Crippen LogP contribution >= 0.6 is 12.4 Å². The smallest absolute Gasteiger partial charge is 0.229 e. The van der Waals surface area contributed by atoms with Crippen molar-refractivity contribution in [3.63, 3.8) is 0 Å². The van der Waals surface area contributed by atoms with E-state index in [1.807, 2.05) is 0 Å². The summed E-state index contributed by atoms with van der Waals surface area (Å²) >= 11 is 0. The summed E-state index contributed by atoms with van der Waals surface area (Å²) in [7, 11) is 3.11. The van der Waals surface area contributed by atoms with Crippen LogP contribution in [-0.2, 0) is 14.3 Å². The fourth-order valence-electron chi connectivity index (χ4n) is 2.42. The van der Waals surface area contributed by atoms with Crippen LogP contribution < -0.4 is 15.8 Å². The third kappa shape index (κ3) is 4.74. The molecule has 7 nitrogen and oxygen atoms in total. The number of nitrogen functional groups attached to an aromatic ring is 1. The van der Waals surface area contributed by atoms with Gasteiger partial charge in [-0.2, -0.15) is 0 Å². The summed E-state index contributed by atoms with van der Waals surface area (Å²) in [6.45, 7) is 1.39. The van der Waals surface area contributed by atoms with Crippen molar-refractivity contribution < 1.29 is 19.1 Å². The Bertz CT molecular complexity index is 568. The lowest BCUT2D eigenvalue weighted by atomic mass is 10.1. The molecule has 0 spiro atoms. The molecular formula is C15H22ClN3O4. The number of likely N-dealkylation sites (tertiary alicyclic amines) is 1. The second kappa shape index (κ2) is 8.59. The zero-order valence-electron chi connectivity index (χ0n) is 13.2. The number of rotatable bonds is 6. The number of methoxy groups -OCH3 is 2. The van der Waals surface area contributed by atoms with Gasteiger partial charge in [-0.15, -0.1) is 12.4 Å².